The van der Waals surface area contributed by atoms with E-state index in [0.29, 0.717) is 0 Å². The standard InChI is InChI=1S/C54H35NO/c1-2-13-36(14-3-1)45-19-10-11-23-51(45)55(43-31-27-38(28-32-43)49-34-41-17-6-7-18-44(41)47-20-8-9-21-48(47)49)42-29-25-37(26-30-42)46-22-12-24-52-54(46)50-33-39-15-4-5-16-40(39)35-53(50)56-52/h1-35H. The second kappa shape index (κ2) is 13.2. The number of fused-ring (bicyclic) bond motifs is 7. The van der Waals surface area contributed by atoms with Crippen LogP contribution in [0.3, 0.4) is 0 Å². The van der Waals surface area contributed by atoms with E-state index in [0.717, 1.165) is 50.1 Å². The van der Waals surface area contributed by atoms with E-state index >= 15 is 0 Å². The van der Waals surface area contributed by atoms with Gasteiger partial charge in [-0.1, -0.05) is 158 Å². The summed E-state index contributed by atoms with van der Waals surface area (Å²) < 4.78 is 6.43. The molecule has 2 nitrogen and oxygen atoms in total. The topological polar surface area (TPSA) is 16.4 Å². The monoisotopic (exact) mass is 713 g/mol. The number of hydrogen-bond acceptors (Lipinski definition) is 2. The molecule has 11 rings (SSSR count). The number of benzene rings is 10. The molecule has 0 amide bonds. The van der Waals surface area contributed by atoms with Crippen LogP contribution in [0.2, 0.25) is 0 Å². The summed E-state index contributed by atoms with van der Waals surface area (Å²) >= 11 is 0. The van der Waals surface area contributed by atoms with Crippen LogP contribution in [-0.4, -0.2) is 0 Å². The van der Waals surface area contributed by atoms with Crippen molar-refractivity contribution in [3.05, 3.63) is 212 Å². The molecule has 0 radical (unpaired) electrons. The fourth-order valence-electron chi connectivity index (χ4n) is 8.58. The van der Waals surface area contributed by atoms with E-state index < -0.39 is 0 Å². The predicted octanol–water partition coefficient (Wildman–Crippen LogP) is 15.5. The lowest BCUT2D eigenvalue weighted by molar-refractivity contribution is 0.669. The first-order valence-electron chi connectivity index (χ1n) is 19.2. The summed E-state index contributed by atoms with van der Waals surface area (Å²) in [5, 5.41) is 9.72. The summed E-state index contributed by atoms with van der Waals surface area (Å²) in [6.07, 6.45) is 0. The van der Waals surface area contributed by atoms with Crippen molar-refractivity contribution in [2.75, 3.05) is 4.90 Å². The Morgan fingerprint density at radius 3 is 1.61 bits per heavy atom. The molecule has 0 N–H and O–H groups in total. The van der Waals surface area contributed by atoms with Crippen LogP contribution in [0.1, 0.15) is 0 Å². The molecule has 0 aliphatic heterocycles. The van der Waals surface area contributed by atoms with Gasteiger partial charge in [-0.05, 0) is 115 Å². The quantitative estimate of drug-likeness (QED) is 0.160. The van der Waals surface area contributed by atoms with Gasteiger partial charge in [0, 0.05) is 27.7 Å². The van der Waals surface area contributed by atoms with Crippen molar-refractivity contribution < 1.29 is 4.42 Å². The van der Waals surface area contributed by atoms with Gasteiger partial charge in [0.05, 0.1) is 5.69 Å². The molecule has 1 aromatic heterocycles. The number of hydrogen-bond donors (Lipinski definition) is 0. The van der Waals surface area contributed by atoms with E-state index in [1.54, 1.807) is 0 Å². The first-order chi connectivity index (χ1) is 27.8. The number of furan rings is 1. The molecule has 1 heterocycles. The third-order valence-corrected chi connectivity index (χ3v) is 11.2. The zero-order chi connectivity index (χ0) is 37.0. The molecule has 56 heavy (non-hydrogen) atoms. The molecular weight excluding hydrogens is 679 g/mol. The van der Waals surface area contributed by atoms with Crippen molar-refractivity contribution in [2.45, 2.75) is 0 Å². The van der Waals surface area contributed by atoms with Crippen LogP contribution < -0.4 is 4.90 Å². The van der Waals surface area contributed by atoms with Gasteiger partial charge in [-0.25, -0.2) is 0 Å². The Hall–Kier alpha value is -7.42. The SMILES string of the molecule is c1ccc(-c2ccccc2N(c2ccc(-c3cc4ccccc4c4ccccc34)cc2)c2ccc(-c3cccc4oc5cc6ccccc6cc5c34)cc2)cc1. The molecule has 0 aliphatic carbocycles. The average Bonchev–Trinajstić information content (AvgIpc) is 3.64. The maximum Gasteiger partial charge on any atom is 0.136 e. The van der Waals surface area contributed by atoms with Crippen LogP contribution in [-0.2, 0) is 0 Å². The maximum absolute atomic E-state index is 6.43. The Morgan fingerprint density at radius 1 is 0.304 bits per heavy atom. The Morgan fingerprint density at radius 2 is 0.857 bits per heavy atom. The first kappa shape index (κ1) is 32.0. The Kier molecular flexibility index (Phi) is 7.53. The molecule has 11 aromatic rings. The van der Waals surface area contributed by atoms with Gasteiger partial charge < -0.3 is 9.32 Å². The van der Waals surface area contributed by atoms with Gasteiger partial charge in [-0.2, -0.15) is 0 Å². The highest BCUT2D eigenvalue weighted by Crippen LogP contribution is 2.44. The summed E-state index contributed by atoms with van der Waals surface area (Å²) in [4.78, 5) is 2.38. The van der Waals surface area contributed by atoms with Gasteiger partial charge in [0.25, 0.3) is 0 Å². The summed E-state index contributed by atoms with van der Waals surface area (Å²) in [7, 11) is 0. The average molecular weight is 714 g/mol. The lowest BCUT2D eigenvalue weighted by Crippen LogP contribution is -2.11. The molecule has 0 atom stereocenters. The van der Waals surface area contributed by atoms with E-state index in [4.69, 9.17) is 4.42 Å². The number of nitrogens with zero attached hydrogens (tertiary/aromatic N) is 1. The van der Waals surface area contributed by atoms with E-state index in [9.17, 15) is 0 Å². The molecule has 262 valence electrons. The van der Waals surface area contributed by atoms with Crippen LogP contribution in [0.4, 0.5) is 17.1 Å². The summed E-state index contributed by atoms with van der Waals surface area (Å²) in [6.45, 7) is 0. The van der Waals surface area contributed by atoms with E-state index in [2.05, 4.69) is 217 Å². The summed E-state index contributed by atoms with van der Waals surface area (Å²) in [5.41, 5.74) is 12.2. The van der Waals surface area contributed by atoms with Gasteiger partial charge in [0.2, 0.25) is 0 Å². The molecule has 10 aromatic carbocycles. The summed E-state index contributed by atoms with van der Waals surface area (Å²) in [6, 6.07) is 76.5. The Bertz CT molecular complexity index is 3230. The van der Waals surface area contributed by atoms with E-state index in [1.165, 1.54) is 54.6 Å². The number of para-hydroxylation sites is 1. The minimum Gasteiger partial charge on any atom is -0.456 e. The molecule has 0 bridgehead atoms. The highest BCUT2D eigenvalue weighted by atomic mass is 16.3. The number of rotatable bonds is 6. The van der Waals surface area contributed by atoms with Crippen LogP contribution in [0.25, 0.3) is 87.6 Å². The van der Waals surface area contributed by atoms with Crippen molar-refractivity contribution in [3.63, 3.8) is 0 Å². The zero-order valence-corrected chi connectivity index (χ0v) is 30.6. The van der Waals surface area contributed by atoms with E-state index in [1.807, 2.05) is 0 Å². The lowest BCUT2D eigenvalue weighted by atomic mass is 9.93. The van der Waals surface area contributed by atoms with Crippen molar-refractivity contribution in [3.8, 4) is 33.4 Å². The van der Waals surface area contributed by atoms with Gasteiger partial charge in [-0.3, -0.25) is 0 Å². The van der Waals surface area contributed by atoms with Gasteiger partial charge >= 0.3 is 0 Å². The Balaban J connectivity index is 1.05. The van der Waals surface area contributed by atoms with Gasteiger partial charge in [0.15, 0.2) is 0 Å². The van der Waals surface area contributed by atoms with Crippen LogP contribution >= 0.6 is 0 Å². The zero-order valence-electron chi connectivity index (χ0n) is 30.6. The molecule has 0 spiro atoms. The fourth-order valence-corrected chi connectivity index (χ4v) is 8.58. The molecule has 0 saturated heterocycles. The van der Waals surface area contributed by atoms with Crippen LogP contribution in [0.5, 0.6) is 0 Å². The first-order valence-corrected chi connectivity index (χ1v) is 19.2. The lowest BCUT2D eigenvalue weighted by Gasteiger charge is -2.28. The second-order valence-corrected chi connectivity index (χ2v) is 14.5. The highest BCUT2D eigenvalue weighted by Gasteiger charge is 2.19. The van der Waals surface area contributed by atoms with Crippen molar-refractivity contribution in [1.29, 1.82) is 0 Å². The van der Waals surface area contributed by atoms with E-state index in [-0.39, 0.29) is 0 Å². The van der Waals surface area contributed by atoms with Gasteiger partial charge in [-0.15, -0.1) is 0 Å². The summed E-state index contributed by atoms with van der Waals surface area (Å²) in [5.74, 6) is 0. The van der Waals surface area contributed by atoms with Crippen molar-refractivity contribution >= 4 is 71.3 Å². The van der Waals surface area contributed by atoms with Crippen LogP contribution in [0, 0.1) is 0 Å². The fraction of sp³-hybridized carbons (Fsp3) is 0. The number of anilines is 3. The normalized spacial score (nSPS) is 11.6. The maximum atomic E-state index is 6.43. The largest absolute Gasteiger partial charge is 0.456 e. The molecule has 0 saturated carbocycles. The van der Waals surface area contributed by atoms with Crippen molar-refractivity contribution in [2.24, 2.45) is 0 Å². The van der Waals surface area contributed by atoms with Crippen LogP contribution in [0.15, 0.2) is 217 Å². The minimum atomic E-state index is 0.898. The Labute approximate surface area is 325 Å². The molecular formula is C54H35NO. The van der Waals surface area contributed by atoms with Crippen molar-refractivity contribution in [1.82, 2.24) is 0 Å². The predicted molar refractivity (Wildman–Crippen MR) is 237 cm³/mol. The minimum absolute atomic E-state index is 0.898. The molecule has 0 fully saturated rings. The molecule has 2 heteroatoms. The second-order valence-electron chi connectivity index (χ2n) is 14.5. The smallest absolute Gasteiger partial charge is 0.136 e. The molecule has 0 aliphatic rings. The highest BCUT2D eigenvalue weighted by molar-refractivity contribution is 6.16. The third kappa shape index (κ3) is 5.34. The third-order valence-electron chi connectivity index (χ3n) is 11.2. The van der Waals surface area contributed by atoms with Gasteiger partial charge in [0.1, 0.15) is 11.2 Å². The molecule has 0 unspecified atom stereocenters.